The van der Waals surface area contributed by atoms with Crippen LogP contribution in [-0.2, 0) is 4.79 Å². The van der Waals surface area contributed by atoms with Crippen molar-refractivity contribution < 1.29 is 19.1 Å². The lowest BCUT2D eigenvalue weighted by molar-refractivity contribution is -0.117. The van der Waals surface area contributed by atoms with Crippen molar-refractivity contribution in [3.8, 4) is 0 Å². The van der Waals surface area contributed by atoms with E-state index in [0.717, 1.165) is 25.7 Å². The van der Waals surface area contributed by atoms with Gasteiger partial charge in [-0.05, 0) is 49.3 Å². The van der Waals surface area contributed by atoms with Gasteiger partial charge in [-0.1, -0.05) is 6.92 Å². The molecule has 2 heterocycles. The molecule has 1 aromatic rings. The molecule has 0 unspecified atom stereocenters. The number of aliphatic hydroxyl groups is 1. The summed E-state index contributed by atoms with van der Waals surface area (Å²) in [5, 5.41) is 9.61. The summed E-state index contributed by atoms with van der Waals surface area (Å²) >= 11 is 0. The van der Waals surface area contributed by atoms with Crippen molar-refractivity contribution in [1.82, 2.24) is 4.90 Å². The second kappa shape index (κ2) is 7.12. The van der Waals surface area contributed by atoms with E-state index in [4.69, 9.17) is 0 Å². The Balaban J connectivity index is 1.77. The molecule has 2 aliphatic rings. The normalized spacial score (nSPS) is 20.2. The van der Waals surface area contributed by atoms with Gasteiger partial charge in [0.05, 0.1) is 5.56 Å². The first kappa shape index (κ1) is 17.9. The van der Waals surface area contributed by atoms with Crippen molar-refractivity contribution in [2.45, 2.75) is 39.0 Å². The van der Waals surface area contributed by atoms with Crippen LogP contribution < -0.4 is 4.90 Å². The number of carbonyl (C=O) groups excluding carboxylic acids is 2. The van der Waals surface area contributed by atoms with Gasteiger partial charge in [-0.3, -0.25) is 9.59 Å². The maximum Gasteiger partial charge on any atom is 0.256 e. The molecule has 2 fully saturated rings. The molecular formula is C19H25FN2O3. The fraction of sp³-hybridized carbons (Fsp3) is 0.579. The largest absolute Gasteiger partial charge is 0.396 e. The number of anilines is 1. The Morgan fingerprint density at radius 3 is 2.56 bits per heavy atom. The zero-order valence-electron chi connectivity index (χ0n) is 14.6. The van der Waals surface area contributed by atoms with Crippen molar-refractivity contribution in [1.29, 1.82) is 0 Å². The Bertz CT molecular complexity index is 663. The van der Waals surface area contributed by atoms with Crippen molar-refractivity contribution in [3.63, 3.8) is 0 Å². The number of piperidine rings is 1. The van der Waals surface area contributed by atoms with Crippen LogP contribution in [0.15, 0.2) is 18.2 Å². The van der Waals surface area contributed by atoms with Gasteiger partial charge in [-0.2, -0.15) is 0 Å². The molecule has 2 amide bonds. The van der Waals surface area contributed by atoms with E-state index in [2.05, 4.69) is 0 Å². The number of halogens is 1. The topological polar surface area (TPSA) is 60.9 Å². The molecule has 25 heavy (non-hydrogen) atoms. The Morgan fingerprint density at radius 1 is 1.28 bits per heavy atom. The monoisotopic (exact) mass is 348 g/mol. The minimum atomic E-state index is -0.560. The van der Waals surface area contributed by atoms with E-state index in [9.17, 15) is 19.1 Å². The molecule has 0 radical (unpaired) electrons. The number of likely N-dealkylation sites (tertiary alicyclic amines) is 1. The number of hydrogen-bond donors (Lipinski definition) is 1. The van der Waals surface area contributed by atoms with Crippen molar-refractivity contribution >= 4 is 17.5 Å². The number of rotatable bonds is 4. The summed E-state index contributed by atoms with van der Waals surface area (Å²) in [6, 6.07) is 4.32. The van der Waals surface area contributed by atoms with Gasteiger partial charge in [0.15, 0.2) is 0 Å². The van der Waals surface area contributed by atoms with Crippen molar-refractivity contribution in [2.75, 3.05) is 31.1 Å². The van der Waals surface area contributed by atoms with Gasteiger partial charge in [0.2, 0.25) is 5.91 Å². The molecule has 0 saturated carbocycles. The maximum absolute atomic E-state index is 14.3. The highest BCUT2D eigenvalue weighted by Crippen LogP contribution is 2.35. The first-order chi connectivity index (χ1) is 12.0. The minimum absolute atomic E-state index is 0.0126. The van der Waals surface area contributed by atoms with Crippen LogP contribution in [0.4, 0.5) is 10.1 Å². The summed E-state index contributed by atoms with van der Waals surface area (Å²) in [6.07, 6.45) is 3.58. The zero-order valence-corrected chi connectivity index (χ0v) is 14.6. The van der Waals surface area contributed by atoms with E-state index in [1.807, 2.05) is 6.92 Å². The Kier molecular flexibility index (Phi) is 5.08. The predicted molar refractivity (Wildman–Crippen MR) is 92.9 cm³/mol. The minimum Gasteiger partial charge on any atom is -0.396 e. The summed E-state index contributed by atoms with van der Waals surface area (Å²) in [6.45, 7) is 3.80. The molecule has 0 aromatic heterocycles. The Labute approximate surface area is 147 Å². The zero-order chi connectivity index (χ0) is 18.0. The lowest BCUT2D eigenvalue weighted by atomic mass is 9.77. The van der Waals surface area contributed by atoms with E-state index in [1.165, 1.54) is 12.1 Å². The SMILES string of the molecule is CCC1(CO)CCN(C(=O)c2cc(N3CCCC3=O)ccc2F)CC1. The van der Waals surface area contributed by atoms with Gasteiger partial charge < -0.3 is 14.9 Å². The number of hydrogen-bond acceptors (Lipinski definition) is 3. The van der Waals surface area contributed by atoms with Crippen LogP contribution in [-0.4, -0.2) is 48.1 Å². The smallest absolute Gasteiger partial charge is 0.256 e. The molecule has 2 aliphatic heterocycles. The summed E-state index contributed by atoms with van der Waals surface area (Å²) in [7, 11) is 0. The van der Waals surface area contributed by atoms with Gasteiger partial charge in [0.1, 0.15) is 5.82 Å². The fourth-order valence-corrected chi connectivity index (χ4v) is 3.74. The quantitative estimate of drug-likeness (QED) is 0.910. The number of aliphatic hydroxyl groups excluding tert-OH is 1. The van der Waals surface area contributed by atoms with Crippen LogP contribution in [0, 0.1) is 11.2 Å². The van der Waals surface area contributed by atoms with Gasteiger partial charge in [0, 0.05) is 38.3 Å². The number of amides is 2. The van der Waals surface area contributed by atoms with Crippen molar-refractivity contribution in [2.24, 2.45) is 5.41 Å². The summed E-state index contributed by atoms with van der Waals surface area (Å²) in [4.78, 5) is 27.9. The third kappa shape index (κ3) is 3.40. The highest BCUT2D eigenvalue weighted by molar-refractivity contribution is 5.99. The molecule has 0 spiro atoms. The number of nitrogens with zero attached hydrogens (tertiary/aromatic N) is 2. The van der Waals surface area contributed by atoms with Crippen molar-refractivity contribution in [3.05, 3.63) is 29.6 Å². The Hall–Kier alpha value is -1.95. The van der Waals surface area contributed by atoms with Crippen LogP contribution in [0.3, 0.4) is 0 Å². The van der Waals surface area contributed by atoms with Gasteiger partial charge in [-0.25, -0.2) is 4.39 Å². The van der Waals surface area contributed by atoms with Crippen LogP contribution >= 0.6 is 0 Å². The average Bonchev–Trinajstić information content (AvgIpc) is 3.07. The Morgan fingerprint density at radius 2 is 2.00 bits per heavy atom. The molecule has 0 atom stereocenters. The molecule has 2 saturated heterocycles. The van der Waals surface area contributed by atoms with E-state index in [-0.39, 0.29) is 29.4 Å². The molecule has 136 valence electrons. The summed E-state index contributed by atoms with van der Waals surface area (Å²) in [5.41, 5.74) is 0.479. The van der Waals surface area contributed by atoms with Gasteiger partial charge in [-0.15, -0.1) is 0 Å². The third-order valence-electron chi connectivity index (χ3n) is 5.76. The lowest BCUT2D eigenvalue weighted by Gasteiger charge is -2.40. The first-order valence-electron chi connectivity index (χ1n) is 9.00. The standard InChI is InChI=1S/C19H25FN2O3/c1-2-19(13-23)7-10-21(11-8-19)18(25)15-12-14(5-6-16(15)20)22-9-3-4-17(22)24/h5-6,12,23H,2-4,7-11,13H2,1H3. The lowest BCUT2D eigenvalue weighted by Crippen LogP contribution is -2.44. The molecule has 6 heteroatoms. The molecule has 0 aliphatic carbocycles. The molecule has 3 rings (SSSR count). The molecule has 5 nitrogen and oxygen atoms in total. The molecule has 1 aromatic carbocycles. The predicted octanol–water partition coefficient (Wildman–Crippen LogP) is 2.58. The van der Waals surface area contributed by atoms with E-state index < -0.39 is 5.82 Å². The van der Waals surface area contributed by atoms with Gasteiger partial charge in [0.25, 0.3) is 5.91 Å². The number of carbonyl (C=O) groups is 2. The van der Waals surface area contributed by atoms with Crippen LogP contribution in [0.2, 0.25) is 0 Å². The molecule has 1 N–H and O–H groups in total. The highest BCUT2D eigenvalue weighted by Gasteiger charge is 2.35. The van der Waals surface area contributed by atoms with Crippen LogP contribution in [0.1, 0.15) is 49.4 Å². The second-order valence-electron chi connectivity index (χ2n) is 7.12. The summed E-state index contributed by atoms with van der Waals surface area (Å²) in [5.74, 6) is -0.887. The average molecular weight is 348 g/mol. The van der Waals surface area contributed by atoms with Gasteiger partial charge >= 0.3 is 0 Å². The maximum atomic E-state index is 14.3. The van der Waals surface area contributed by atoms with E-state index in [1.54, 1.807) is 15.9 Å². The van der Waals surface area contributed by atoms with Crippen LogP contribution in [0.5, 0.6) is 0 Å². The number of benzene rings is 1. The highest BCUT2D eigenvalue weighted by atomic mass is 19.1. The first-order valence-corrected chi connectivity index (χ1v) is 9.00. The third-order valence-corrected chi connectivity index (χ3v) is 5.76. The summed E-state index contributed by atoms with van der Waals surface area (Å²) < 4.78 is 14.3. The van der Waals surface area contributed by atoms with E-state index in [0.29, 0.717) is 31.7 Å². The molecular weight excluding hydrogens is 323 g/mol. The van der Waals surface area contributed by atoms with E-state index >= 15 is 0 Å². The fourth-order valence-electron chi connectivity index (χ4n) is 3.74. The molecule has 0 bridgehead atoms. The second-order valence-corrected chi connectivity index (χ2v) is 7.12. The van der Waals surface area contributed by atoms with Crippen LogP contribution in [0.25, 0.3) is 0 Å².